The zero-order valence-corrected chi connectivity index (χ0v) is 14.6. The first-order valence-electron chi connectivity index (χ1n) is 7.98. The van der Waals surface area contributed by atoms with Crippen molar-refractivity contribution in [2.24, 2.45) is 0 Å². The van der Waals surface area contributed by atoms with Crippen molar-refractivity contribution in [2.75, 3.05) is 13.2 Å². The van der Waals surface area contributed by atoms with E-state index in [2.05, 4.69) is 37.0 Å². The molecule has 1 amide bonds. The lowest BCUT2D eigenvalue weighted by Gasteiger charge is -2.20. The van der Waals surface area contributed by atoms with Gasteiger partial charge in [-0.2, -0.15) is 0 Å². The second kappa shape index (κ2) is 6.42. The van der Waals surface area contributed by atoms with Gasteiger partial charge in [0.2, 0.25) is 0 Å². The summed E-state index contributed by atoms with van der Waals surface area (Å²) in [6, 6.07) is 6.57. The SMILES string of the molecule is Cc1ccc(-c2nc(C)c(C(=O)N(CCO)C3CC3)s2)c(C)c1. The van der Waals surface area contributed by atoms with Crippen LogP contribution in [0.3, 0.4) is 0 Å². The maximum atomic E-state index is 12.8. The lowest BCUT2D eigenvalue weighted by molar-refractivity contribution is 0.0711. The molecule has 1 heterocycles. The lowest BCUT2D eigenvalue weighted by atomic mass is 10.1. The molecule has 0 unspecified atom stereocenters. The number of hydrogen-bond donors (Lipinski definition) is 1. The van der Waals surface area contributed by atoms with Crippen LogP contribution in [0, 0.1) is 20.8 Å². The number of aromatic nitrogens is 1. The van der Waals surface area contributed by atoms with Crippen LogP contribution >= 0.6 is 11.3 Å². The van der Waals surface area contributed by atoms with Crippen molar-refractivity contribution in [1.82, 2.24) is 9.88 Å². The zero-order chi connectivity index (χ0) is 16.6. The minimum atomic E-state index is 0.00399. The number of aliphatic hydroxyl groups is 1. The molecule has 5 heteroatoms. The molecule has 2 aromatic rings. The van der Waals surface area contributed by atoms with Crippen LogP contribution in [-0.2, 0) is 0 Å². The Labute approximate surface area is 140 Å². The van der Waals surface area contributed by atoms with Gasteiger partial charge in [0.05, 0.1) is 12.3 Å². The zero-order valence-electron chi connectivity index (χ0n) is 13.8. The molecule has 0 saturated heterocycles. The smallest absolute Gasteiger partial charge is 0.266 e. The molecule has 122 valence electrons. The highest BCUT2D eigenvalue weighted by Gasteiger charge is 2.34. The number of carbonyl (C=O) groups is 1. The molecule has 0 radical (unpaired) electrons. The Morgan fingerprint density at radius 2 is 2.09 bits per heavy atom. The summed E-state index contributed by atoms with van der Waals surface area (Å²) in [6.07, 6.45) is 2.07. The average Bonchev–Trinajstić information content (AvgIpc) is 3.27. The van der Waals surface area contributed by atoms with Gasteiger partial charge in [0.1, 0.15) is 9.88 Å². The van der Waals surface area contributed by atoms with Crippen molar-refractivity contribution in [3.05, 3.63) is 39.9 Å². The van der Waals surface area contributed by atoms with Gasteiger partial charge >= 0.3 is 0 Å². The fourth-order valence-corrected chi connectivity index (χ4v) is 3.95. The first-order chi connectivity index (χ1) is 11.0. The van der Waals surface area contributed by atoms with E-state index in [1.165, 1.54) is 22.5 Å². The topological polar surface area (TPSA) is 53.4 Å². The standard InChI is InChI=1S/C18H22N2O2S/c1-11-4-7-15(12(2)10-11)17-19-13(3)16(23-17)18(22)20(8-9-21)14-5-6-14/h4,7,10,14,21H,5-6,8-9H2,1-3H3. The van der Waals surface area contributed by atoms with Crippen molar-refractivity contribution in [3.63, 3.8) is 0 Å². The van der Waals surface area contributed by atoms with E-state index in [1.54, 1.807) is 4.90 Å². The highest BCUT2D eigenvalue weighted by Crippen LogP contribution is 2.34. The van der Waals surface area contributed by atoms with E-state index in [4.69, 9.17) is 0 Å². The number of aryl methyl sites for hydroxylation is 3. The lowest BCUT2D eigenvalue weighted by Crippen LogP contribution is -2.35. The summed E-state index contributed by atoms with van der Waals surface area (Å²) >= 11 is 1.46. The van der Waals surface area contributed by atoms with Gasteiger partial charge in [0.15, 0.2) is 0 Å². The quantitative estimate of drug-likeness (QED) is 0.915. The van der Waals surface area contributed by atoms with E-state index >= 15 is 0 Å². The number of carbonyl (C=O) groups excluding carboxylic acids is 1. The van der Waals surface area contributed by atoms with Gasteiger partial charge in [-0.15, -0.1) is 11.3 Å². The number of nitrogens with zero attached hydrogens (tertiary/aromatic N) is 2. The van der Waals surface area contributed by atoms with Crippen LogP contribution in [0.5, 0.6) is 0 Å². The van der Waals surface area contributed by atoms with E-state index in [0.29, 0.717) is 17.5 Å². The van der Waals surface area contributed by atoms with Gasteiger partial charge in [0, 0.05) is 18.2 Å². The molecule has 0 atom stereocenters. The monoisotopic (exact) mass is 330 g/mol. The van der Waals surface area contributed by atoms with Crippen molar-refractivity contribution in [3.8, 4) is 10.6 Å². The van der Waals surface area contributed by atoms with Gasteiger partial charge in [0.25, 0.3) is 5.91 Å². The molecule has 1 N–H and O–H groups in total. The minimum Gasteiger partial charge on any atom is -0.395 e. The Bertz CT molecular complexity index is 735. The number of aliphatic hydroxyl groups excluding tert-OH is 1. The molecule has 0 spiro atoms. The maximum Gasteiger partial charge on any atom is 0.266 e. The maximum absolute atomic E-state index is 12.8. The van der Waals surface area contributed by atoms with E-state index in [9.17, 15) is 9.90 Å². The summed E-state index contributed by atoms with van der Waals surface area (Å²) in [5, 5.41) is 10.1. The van der Waals surface area contributed by atoms with Crippen LogP contribution in [0.1, 0.15) is 39.3 Å². The Balaban J connectivity index is 1.92. The molecule has 1 aliphatic rings. The van der Waals surface area contributed by atoms with Crippen molar-refractivity contribution < 1.29 is 9.90 Å². The van der Waals surface area contributed by atoms with E-state index in [0.717, 1.165) is 29.1 Å². The van der Waals surface area contributed by atoms with E-state index in [-0.39, 0.29) is 12.5 Å². The molecule has 1 aliphatic carbocycles. The number of hydrogen-bond acceptors (Lipinski definition) is 4. The number of rotatable bonds is 5. The summed E-state index contributed by atoms with van der Waals surface area (Å²) in [4.78, 5) is 19.9. The highest BCUT2D eigenvalue weighted by molar-refractivity contribution is 7.17. The van der Waals surface area contributed by atoms with Gasteiger partial charge in [-0.3, -0.25) is 4.79 Å². The summed E-state index contributed by atoms with van der Waals surface area (Å²) in [6.45, 7) is 6.44. The van der Waals surface area contributed by atoms with Crippen LogP contribution in [0.4, 0.5) is 0 Å². The number of amides is 1. The molecule has 0 bridgehead atoms. The predicted octanol–water partition coefficient (Wildman–Crippen LogP) is 3.33. The van der Waals surface area contributed by atoms with Crippen LogP contribution in [0.25, 0.3) is 10.6 Å². The molecule has 1 aromatic heterocycles. The van der Waals surface area contributed by atoms with Gasteiger partial charge < -0.3 is 10.0 Å². The molecule has 1 fully saturated rings. The molecular formula is C18H22N2O2S. The summed E-state index contributed by atoms with van der Waals surface area (Å²) in [5.41, 5.74) is 4.26. The Morgan fingerprint density at radius 3 is 2.70 bits per heavy atom. The summed E-state index contributed by atoms with van der Waals surface area (Å²) in [5.74, 6) is 0.00700. The molecule has 0 aliphatic heterocycles. The van der Waals surface area contributed by atoms with Gasteiger partial charge in [-0.1, -0.05) is 23.8 Å². The third kappa shape index (κ3) is 3.31. The highest BCUT2D eigenvalue weighted by atomic mass is 32.1. The number of benzene rings is 1. The molecule has 3 rings (SSSR count). The fraction of sp³-hybridized carbons (Fsp3) is 0.444. The third-order valence-corrected chi connectivity index (χ3v) is 5.37. The van der Waals surface area contributed by atoms with Gasteiger partial charge in [-0.05, 0) is 39.2 Å². The second-order valence-corrected chi connectivity index (χ2v) is 7.20. The van der Waals surface area contributed by atoms with Crippen molar-refractivity contribution >= 4 is 17.2 Å². The fourth-order valence-electron chi connectivity index (χ4n) is 2.84. The predicted molar refractivity (Wildman–Crippen MR) is 92.9 cm³/mol. The Hall–Kier alpha value is -1.72. The molecule has 23 heavy (non-hydrogen) atoms. The van der Waals surface area contributed by atoms with Crippen LogP contribution < -0.4 is 0 Å². The molecule has 1 aromatic carbocycles. The minimum absolute atomic E-state index is 0.00399. The van der Waals surface area contributed by atoms with Crippen molar-refractivity contribution in [1.29, 1.82) is 0 Å². The van der Waals surface area contributed by atoms with Crippen LogP contribution in [0.2, 0.25) is 0 Å². The molecular weight excluding hydrogens is 308 g/mol. The third-order valence-electron chi connectivity index (χ3n) is 4.19. The van der Waals surface area contributed by atoms with E-state index in [1.807, 2.05) is 6.92 Å². The largest absolute Gasteiger partial charge is 0.395 e. The molecule has 1 saturated carbocycles. The van der Waals surface area contributed by atoms with E-state index < -0.39 is 0 Å². The first-order valence-corrected chi connectivity index (χ1v) is 8.79. The Kier molecular flexibility index (Phi) is 4.50. The van der Waals surface area contributed by atoms with Crippen LogP contribution in [0.15, 0.2) is 18.2 Å². The van der Waals surface area contributed by atoms with Gasteiger partial charge in [-0.25, -0.2) is 4.98 Å². The summed E-state index contributed by atoms with van der Waals surface area (Å²) in [7, 11) is 0. The first kappa shape index (κ1) is 16.1. The summed E-state index contributed by atoms with van der Waals surface area (Å²) < 4.78 is 0. The van der Waals surface area contributed by atoms with Crippen LogP contribution in [-0.4, -0.2) is 40.1 Å². The van der Waals surface area contributed by atoms with Crippen molar-refractivity contribution in [2.45, 2.75) is 39.7 Å². The average molecular weight is 330 g/mol. The number of thiazole rings is 1. The molecule has 4 nitrogen and oxygen atoms in total. The normalized spacial score (nSPS) is 14.1. The second-order valence-electron chi connectivity index (χ2n) is 6.21. The Morgan fingerprint density at radius 1 is 1.35 bits per heavy atom.